The average molecular weight is 258 g/mol. The van der Waals surface area contributed by atoms with Crippen molar-refractivity contribution in [3.8, 4) is 5.75 Å². The zero-order valence-electron chi connectivity index (χ0n) is 11.0. The van der Waals surface area contributed by atoms with E-state index in [-0.39, 0.29) is 17.2 Å². The van der Waals surface area contributed by atoms with Crippen molar-refractivity contribution in [2.24, 2.45) is 16.9 Å². The van der Waals surface area contributed by atoms with Crippen LogP contribution in [0.5, 0.6) is 5.75 Å². The molecule has 2 bridgehead atoms. The van der Waals surface area contributed by atoms with Crippen molar-refractivity contribution in [1.29, 1.82) is 0 Å². The number of aryl methyl sites for hydroxylation is 1. The lowest BCUT2D eigenvalue weighted by Gasteiger charge is -2.12. The Morgan fingerprint density at radius 1 is 1.42 bits per heavy atom. The molecule has 0 heterocycles. The molecule has 3 rings (SSSR count). The average Bonchev–Trinajstić information content (AvgIpc) is 3.01. The molecule has 2 aliphatic carbocycles. The van der Waals surface area contributed by atoms with Gasteiger partial charge in [-0.2, -0.15) is 5.10 Å². The van der Waals surface area contributed by atoms with Gasteiger partial charge in [-0.1, -0.05) is 12.1 Å². The molecule has 2 aliphatic rings. The molecule has 0 radical (unpaired) electrons. The summed E-state index contributed by atoms with van der Waals surface area (Å²) < 4.78 is 0. The quantitative estimate of drug-likeness (QED) is 0.801. The van der Waals surface area contributed by atoms with Gasteiger partial charge in [0.2, 0.25) is 0 Å². The van der Waals surface area contributed by atoms with E-state index in [2.05, 4.69) is 10.5 Å². The number of nitrogens with zero attached hydrogens (tertiary/aromatic N) is 1. The molecule has 0 unspecified atom stereocenters. The zero-order valence-corrected chi connectivity index (χ0v) is 11.0. The second-order valence-corrected chi connectivity index (χ2v) is 5.60. The molecule has 1 aromatic rings. The van der Waals surface area contributed by atoms with Crippen LogP contribution in [0.15, 0.2) is 23.3 Å². The topological polar surface area (TPSA) is 61.7 Å². The van der Waals surface area contributed by atoms with Gasteiger partial charge in [0.25, 0.3) is 5.91 Å². The minimum Gasteiger partial charge on any atom is -0.507 e. The van der Waals surface area contributed by atoms with Crippen LogP contribution in [-0.4, -0.2) is 16.7 Å². The van der Waals surface area contributed by atoms with Crippen molar-refractivity contribution in [1.82, 2.24) is 5.43 Å². The predicted molar refractivity (Wildman–Crippen MR) is 73.2 cm³/mol. The standard InChI is InChI=1S/C15H18N2O2/c1-9-3-2-4-12(14(9)18)15(19)17-16-13-8-10-5-6-11(13)7-10/h2-4,10-11,18H,5-8H2,1H3,(H,17,19)/b16-13+/t10-,11+/m0/s1. The summed E-state index contributed by atoms with van der Waals surface area (Å²) in [7, 11) is 0. The molecule has 0 saturated heterocycles. The van der Waals surface area contributed by atoms with E-state index in [1.165, 1.54) is 19.3 Å². The molecular weight excluding hydrogens is 240 g/mol. The molecule has 1 aromatic carbocycles. The highest BCUT2D eigenvalue weighted by atomic mass is 16.3. The van der Waals surface area contributed by atoms with Crippen LogP contribution < -0.4 is 5.43 Å². The third-order valence-electron chi connectivity index (χ3n) is 4.29. The van der Waals surface area contributed by atoms with Gasteiger partial charge in [-0.25, -0.2) is 5.43 Å². The SMILES string of the molecule is Cc1cccc(C(=O)N/N=C2\C[C@H]3CC[C@@H]2C3)c1O. The lowest BCUT2D eigenvalue weighted by atomic mass is 9.99. The van der Waals surface area contributed by atoms with Crippen molar-refractivity contribution < 1.29 is 9.90 Å². The Morgan fingerprint density at radius 2 is 2.26 bits per heavy atom. The van der Waals surface area contributed by atoms with Crippen LogP contribution in [0.1, 0.15) is 41.6 Å². The predicted octanol–water partition coefficient (Wildman–Crippen LogP) is 2.61. The summed E-state index contributed by atoms with van der Waals surface area (Å²) in [6.07, 6.45) is 4.75. The maximum atomic E-state index is 12.0. The van der Waals surface area contributed by atoms with Gasteiger partial charge in [0.1, 0.15) is 5.75 Å². The largest absolute Gasteiger partial charge is 0.507 e. The van der Waals surface area contributed by atoms with Crippen LogP contribution in [0.2, 0.25) is 0 Å². The number of amides is 1. The van der Waals surface area contributed by atoms with Gasteiger partial charge < -0.3 is 5.11 Å². The molecule has 2 N–H and O–H groups in total. The highest BCUT2D eigenvalue weighted by molar-refractivity contribution is 5.98. The number of phenols is 1. The number of aromatic hydroxyl groups is 1. The number of fused-ring (bicyclic) bond motifs is 2. The van der Waals surface area contributed by atoms with Gasteiger partial charge >= 0.3 is 0 Å². The van der Waals surface area contributed by atoms with Crippen molar-refractivity contribution >= 4 is 11.6 Å². The van der Waals surface area contributed by atoms with E-state index in [0.717, 1.165) is 18.1 Å². The monoisotopic (exact) mass is 258 g/mol. The van der Waals surface area contributed by atoms with Crippen LogP contribution >= 0.6 is 0 Å². The lowest BCUT2D eigenvalue weighted by Crippen LogP contribution is -2.22. The number of para-hydroxylation sites is 1. The third-order valence-corrected chi connectivity index (χ3v) is 4.29. The Bertz CT molecular complexity index is 551. The summed E-state index contributed by atoms with van der Waals surface area (Å²) in [5, 5.41) is 14.1. The molecule has 4 heteroatoms. The first-order chi connectivity index (χ1) is 9.15. The fraction of sp³-hybridized carbons (Fsp3) is 0.467. The van der Waals surface area contributed by atoms with E-state index in [1.54, 1.807) is 25.1 Å². The number of nitrogens with one attached hydrogen (secondary N) is 1. The maximum Gasteiger partial charge on any atom is 0.275 e. The van der Waals surface area contributed by atoms with E-state index < -0.39 is 0 Å². The molecule has 0 aliphatic heterocycles. The van der Waals surface area contributed by atoms with E-state index in [9.17, 15) is 9.90 Å². The summed E-state index contributed by atoms with van der Waals surface area (Å²) in [5.41, 5.74) is 4.68. The Kier molecular flexibility index (Phi) is 3.01. The van der Waals surface area contributed by atoms with Crippen LogP contribution in [0.3, 0.4) is 0 Å². The molecular formula is C15H18N2O2. The molecule has 0 spiro atoms. The van der Waals surface area contributed by atoms with Crippen LogP contribution in [0, 0.1) is 18.8 Å². The highest BCUT2D eigenvalue weighted by Crippen LogP contribution is 2.42. The van der Waals surface area contributed by atoms with E-state index in [1.807, 2.05) is 0 Å². The van der Waals surface area contributed by atoms with Crippen LogP contribution in [0.4, 0.5) is 0 Å². The van der Waals surface area contributed by atoms with Gasteiger partial charge in [-0.3, -0.25) is 4.79 Å². The van der Waals surface area contributed by atoms with Crippen molar-refractivity contribution in [2.75, 3.05) is 0 Å². The number of hydrogen-bond donors (Lipinski definition) is 2. The smallest absolute Gasteiger partial charge is 0.275 e. The number of phenolic OH excluding ortho intramolecular Hbond substituents is 1. The first-order valence-corrected chi connectivity index (χ1v) is 6.80. The van der Waals surface area contributed by atoms with Gasteiger partial charge in [0, 0.05) is 5.71 Å². The van der Waals surface area contributed by atoms with Crippen molar-refractivity contribution in [3.63, 3.8) is 0 Å². The van der Waals surface area contributed by atoms with Gasteiger partial charge in [-0.15, -0.1) is 0 Å². The zero-order chi connectivity index (χ0) is 13.4. The number of hydrazone groups is 1. The lowest BCUT2D eigenvalue weighted by molar-refractivity contribution is 0.0951. The first-order valence-electron chi connectivity index (χ1n) is 6.80. The fourth-order valence-corrected chi connectivity index (χ4v) is 3.19. The fourth-order valence-electron chi connectivity index (χ4n) is 3.19. The Hall–Kier alpha value is -1.84. The molecule has 19 heavy (non-hydrogen) atoms. The number of hydrogen-bond acceptors (Lipinski definition) is 3. The van der Waals surface area contributed by atoms with Gasteiger partial charge in [-0.05, 0) is 56.1 Å². The van der Waals surface area contributed by atoms with E-state index in [4.69, 9.17) is 0 Å². The Morgan fingerprint density at radius 3 is 2.95 bits per heavy atom. The molecule has 4 nitrogen and oxygen atoms in total. The number of carbonyl (C=O) groups is 1. The number of benzene rings is 1. The van der Waals surface area contributed by atoms with Gasteiger partial charge in [0.05, 0.1) is 5.56 Å². The van der Waals surface area contributed by atoms with Crippen LogP contribution in [0.25, 0.3) is 0 Å². The maximum absolute atomic E-state index is 12.0. The van der Waals surface area contributed by atoms with E-state index >= 15 is 0 Å². The molecule has 0 aromatic heterocycles. The van der Waals surface area contributed by atoms with E-state index in [0.29, 0.717) is 11.5 Å². The Balaban J connectivity index is 1.72. The second kappa shape index (κ2) is 4.68. The minimum atomic E-state index is -0.337. The van der Waals surface area contributed by atoms with Crippen molar-refractivity contribution in [3.05, 3.63) is 29.3 Å². The number of rotatable bonds is 2. The van der Waals surface area contributed by atoms with Gasteiger partial charge in [0.15, 0.2) is 0 Å². The molecule has 2 atom stereocenters. The second-order valence-electron chi connectivity index (χ2n) is 5.60. The minimum absolute atomic E-state index is 0.0353. The number of carbonyl (C=O) groups excluding carboxylic acids is 1. The first kappa shape index (κ1) is 12.2. The highest BCUT2D eigenvalue weighted by Gasteiger charge is 2.36. The third kappa shape index (κ3) is 2.23. The molecule has 1 amide bonds. The summed E-state index contributed by atoms with van der Waals surface area (Å²) >= 11 is 0. The summed E-state index contributed by atoms with van der Waals surface area (Å²) in [6, 6.07) is 5.14. The molecule has 2 fully saturated rings. The van der Waals surface area contributed by atoms with Crippen LogP contribution in [-0.2, 0) is 0 Å². The summed E-state index contributed by atoms with van der Waals surface area (Å²) in [4.78, 5) is 12.0. The summed E-state index contributed by atoms with van der Waals surface area (Å²) in [6.45, 7) is 1.77. The molecule has 2 saturated carbocycles. The van der Waals surface area contributed by atoms with Crippen molar-refractivity contribution in [2.45, 2.75) is 32.6 Å². The summed E-state index contributed by atoms with van der Waals surface area (Å²) in [5.74, 6) is 1.04. The normalized spacial score (nSPS) is 26.9. The molecule has 100 valence electrons. The Labute approximate surface area is 112 Å².